The van der Waals surface area contributed by atoms with Gasteiger partial charge in [0.05, 0.1) is 23.2 Å². The maximum absolute atomic E-state index is 11.3. The molecule has 6 heteroatoms. The summed E-state index contributed by atoms with van der Waals surface area (Å²) in [4.78, 5) is 12.8. The summed E-state index contributed by atoms with van der Waals surface area (Å²) < 4.78 is 5.80. The van der Waals surface area contributed by atoms with Crippen molar-refractivity contribution in [2.24, 2.45) is 0 Å². The van der Waals surface area contributed by atoms with E-state index in [0.717, 1.165) is 5.56 Å². The van der Waals surface area contributed by atoms with Crippen LogP contribution in [0.4, 0.5) is 11.4 Å². The predicted molar refractivity (Wildman–Crippen MR) is 85.2 cm³/mol. The Bertz CT molecular complexity index is 755. The van der Waals surface area contributed by atoms with Crippen molar-refractivity contribution in [1.82, 2.24) is 0 Å². The molecule has 0 spiro atoms. The highest BCUT2D eigenvalue weighted by molar-refractivity contribution is 5.66. The average molecular weight is 309 g/mol. The Balaban J connectivity index is 1.90. The minimum atomic E-state index is -0.441. The van der Waals surface area contributed by atoms with Gasteiger partial charge in [-0.3, -0.25) is 10.1 Å². The Hall–Kier alpha value is -2.91. The average Bonchev–Trinajstić information content (AvgIpc) is 2.62. The van der Waals surface area contributed by atoms with Crippen molar-refractivity contribution in [3.63, 3.8) is 0 Å². The van der Waals surface area contributed by atoms with Crippen LogP contribution in [-0.4, -0.2) is 24.6 Å². The van der Waals surface area contributed by atoms with Gasteiger partial charge in [0.1, 0.15) is 11.8 Å². The highest BCUT2D eigenvalue weighted by atomic mass is 16.6. The molecule has 1 atom stereocenters. The Morgan fingerprint density at radius 3 is 2.74 bits per heavy atom. The molecule has 2 aromatic carbocycles. The quantitative estimate of drug-likeness (QED) is 0.643. The number of nitro groups is 1. The monoisotopic (exact) mass is 309 g/mol. The molecule has 0 saturated carbocycles. The summed E-state index contributed by atoms with van der Waals surface area (Å²) in [7, 11) is 0. The van der Waals surface area contributed by atoms with Crippen molar-refractivity contribution in [2.75, 3.05) is 24.6 Å². The molecule has 1 heterocycles. The highest BCUT2D eigenvalue weighted by Gasteiger charge is 2.27. The van der Waals surface area contributed by atoms with E-state index < -0.39 is 4.92 Å². The molecule has 0 N–H and O–H groups in total. The van der Waals surface area contributed by atoms with Crippen molar-refractivity contribution in [2.45, 2.75) is 6.10 Å². The second-order valence-corrected chi connectivity index (χ2v) is 5.29. The lowest BCUT2D eigenvalue weighted by molar-refractivity contribution is -0.384. The molecule has 0 aromatic heterocycles. The van der Waals surface area contributed by atoms with E-state index >= 15 is 0 Å². The number of nitrogens with zero attached hydrogens (tertiary/aromatic N) is 3. The lowest BCUT2D eigenvalue weighted by Crippen LogP contribution is -2.38. The van der Waals surface area contributed by atoms with Gasteiger partial charge < -0.3 is 9.64 Å². The van der Waals surface area contributed by atoms with Crippen molar-refractivity contribution in [3.8, 4) is 6.07 Å². The first-order valence-electron chi connectivity index (χ1n) is 7.29. The Morgan fingerprint density at radius 2 is 2.04 bits per heavy atom. The molecule has 0 bridgehead atoms. The van der Waals surface area contributed by atoms with Gasteiger partial charge in [-0.15, -0.1) is 0 Å². The normalized spacial score (nSPS) is 17.5. The Morgan fingerprint density at radius 1 is 1.26 bits per heavy atom. The van der Waals surface area contributed by atoms with E-state index in [4.69, 9.17) is 10.00 Å². The summed E-state index contributed by atoms with van der Waals surface area (Å²) in [6, 6.07) is 16.3. The maximum atomic E-state index is 11.3. The van der Waals surface area contributed by atoms with E-state index in [1.807, 2.05) is 41.3 Å². The minimum Gasteiger partial charge on any atom is -0.370 e. The number of anilines is 1. The lowest BCUT2D eigenvalue weighted by atomic mass is 10.1. The third-order valence-corrected chi connectivity index (χ3v) is 3.88. The van der Waals surface area contributed by atoms with Gasteiger partial charge in [-0.2, -0.15) is 5.26 Å². The van der Waals surface area contributed by atoms with E-state index in [0.29, 0.717) is 25.4 Å². The minimum absolute atomic E-state index is 0.0437. The third kappa shape index (κ3) is 3.15. The van der Waals surface area contributed by atoms with Crippen LogP contribution in [0.25, 0.3) is 0 Å². The van der Waals surface area contributed by atoms with Gasteiger partial charge in [0.25, 0.3) is 5.69 Å². The zero-order chi connectivity index (χ0) is 16.2. The smallest absolute Gasteiger partial charge is 0.293 e. The highest BCUT2D eigenvalue weighted by Crippen LogP contribution is 2.33. The molecule has 6 nitrogen and oxygen atoms in total. The van der Waals surface area contributed by atoms with Gasteiger partial charge in [0.2, 0.25) is 0 Å². The van der Waals surface area contributed by atoms with Crippen molar-refractivity contribution >= 4 is 11.4 Å². The van der Waals surface area contributed by atoms with Gasteiger partial charge in [-0.05, 0) is 17.7 Å². The van der Waals surface area contributed by atoms with Gasteiger partial charge in [-0.25, -0.2) is 0 Å². The zero-order valence-corrected chi connectivity index (χ0v) is 12.4. The van der Waals surface area contributed by atoms with Crippen LogP contribution in [0.15, 0.2) is 48.5 Å². The van der Waals surface area contributed by atoms with E-state index in [2.05, 4.69) is 0 Å². The van der Waals surface area contributed by atoms with E-state index in [-0.39, 0.29) is 17.4 Å². The molecule has 3 rings (SSSR count). The molecule has 23 heavy (non-hydrogen) atoms. The molecule has 0 radical (unpaired) electrons. The van der Waals surface area contributed by atoms with E-state index in [1.165, 1.54) is 6.07 Å². The molecule has 0 amide bonds. The predicted octanol–water partition coefficient (Wildman–Crippen LogP) is 3.04. The maximum Gasteiger partial charge on any atom is 0.293 e. The summed E-state index contributed by atoms with van der Waals surface area (Å²) in [5.41, 5.74) is 1.82. The largest absolute Gasteiger partial charge is 0.370 e. The number of hydrogen-bond acceptors (Lipinski definition) is 5. The van der Waals surface area contributed by atoms with Crippen LogP contribution < -0.4 is 4.90 Å². The van der Waals surface area contributed by atoms with E-state index in [1.54, 1.807) is 12.1 Å². The van der Waals surface area contributed by atoms with Crippen LogP contribution in [0.3, 0.4) is 0 Å². The first-order valence-corrected chi connectivity index (χ1v) is 7.29. The molecule has 1 aliphatic heterocycles. The topological polar surface area (TPSA) is 79.4 Å². The second kappa shape index (κ2) is 6.46. The number of hydrogen-bond donors (Lipinski definition) is 0. The van der Waals surface area contributed by atoms with Crippen molar-refractivity contribution in [3.05, 3.63) is 69.8 Å². The Labute approximate surface area is 133 Å². The lowest BCUT2D eigenvalue weighted by Gasteiger charge is -2.34. The molecule has 2 aromatic rings. The molecular formula is C17H15N3O3. The molecule has 1 unspecified atom stereocenters. The SMILES string of the molecule is N#Cc1ccc(N2CCOC(c3ccccc3)C2)c([N+](=O)[O-])c1. The summed E-state index contributed by atoms with van der Waals surface area (Å²) in [5.74, 6) is 0. The molecule has 0 aliphatic carbocycles. The van der Waals surface area contributed by atoms with Crippen LogP contribution in [0, 0.1) is 21.4 Å². The Kier molecular flexibility index (Phi) is 4.22. The molecule has 1 aliphatic rings. The third-order valence-electron chi connectivity index (χ3n) is 3.88. The number of morpholine rings is 1. The van der Waals surface area contributed by atoms with Crippen LogP contribution in [-0.2, 0) is 4.74 Å². The molecule has 116 valence electrons. The molecule has 1 saturated heterocycles. The number of nitriles is 1. The first-order chi connectivity index (χ1) is 11.2. The van der Waals surface area contributed by atoms with Crippen molar-refractivity contribution < 1.29 is 9.66 Å². The zero-order valence-electron chi connectivity index (χ0n) is 12.4. The van der Waals surface area contributed by atoms with Gasteiger partial charge in [0.15, 0.2) is 0 Å². The summed E-state index contributed by atoms with van der Waals surface area (Å²) >= 11 is 0. The fourth-order valence-electron chi connectivity index (χ4n) is 2.74. The van der Waals surface area contributed by atoms with Crippen LogP contribution >= 0.6 is 0 Å². The molecular weight excluding hydrogens is 294 g/mol. The van der Waals surface area contributed by atoms with Gasteiger partial charge in [0, 0.05) is 19.2 Å². The van der Waals surface area contributed by atoms with Gasteiger partial charge in [-0.1, -0.05) is 30.3 Å². The van der Waals surface area contributed by atoms with Crippen LogP contribution in [0.5, 0.6) is 0 Å². The second-order valence-electron chi connectivity index (χ2n) is 5.29. The standard InChI is InChI=1S/C17H15N3O3/c18-11-13-6-7-15(16(10-13)20(21)22)19-8-9-23-17(12-19)14-4-2-1-3-5-14/h1-7,10,17H,8-9,12H2. The fourth-order valence-corrected chi connectivity index (χ4v) is 2.74. The summed E-state index contributed by atoms with van der Waals surface area (Å²) in [6.45, 7) is 1.61. The summed E-state index contributed by atoms with van der Waals surface area (Å²) in [6.07, 6.45) is -0.125. The molecule has 1 fully saturated rings. The van der Waals surface area contributed by atoms with Crippen LogP contribution in [0.2, 0.25) is 0 Å². The summed E-state index contributed by atoms with van der Waals surface area (Å²) in [5, 5.41) is 20.3. The number of benzene rings is 2. The van der Waals surface area contributed by atoms with Crippen LogP contribution in [0.1, 0.15) is 17.2 Å². The van der Waals surface area contributed by atoms with E-state index in [9.17, 15) is 10.1 Å². The van der Waals surface area contributed by atoms with Gasteiger partial charge >= 0.3 is 0 Å². The number of ether oxygens (including phenoxy) is 1. The number of rotatable bonds is 3. The fraction of sp³-hybridized carbons (Fsp3) is 0.235. The van der Waals surface area contributed by atoms with Crippen molar-refractivity contribution in [1.29, 1.82) is 5.26 Å². The first kappa shape index (κ1) is 15.0. The number of nitro benzene ring substituents is 1.